The molecular weight excluding hydrogens is 270 g/mol. The number of hydrogen-bond donors (Lipinski definition) is 2. The minimum Gasteiger partial charge on any atom is -0.478 e. The van der Waals surface area contributed by atoms with Crippen LogP contribution in [0.1, 0.15) is 10.4 Å². The fourth-order valence-electron chi connectivity index (χ4n) is 2.08. The summed E-state index contributed by atoms with van der Waals surface area (Å²) in [5, 5.41) is 9.19. The standard InChI is InChI=1S/C16H11NO4/c17-11-4-1-9(2-5-11)15-8-13(18)12-7-10(16(19)20)3-6-14(12)21-15/h1-8H,17H2,(H,19,20). The molecule has 3 aromatic rings. The molecule has 21 heavy (non-hydrogen) atoms. The summed E-state index contributed by atoms with van der Waals surface area (Å²) in [5.41, 5.74) is 7.08. The lowest BCUT2D eigenvalue weighted by atomic mass is 10.1. The van der Waals surface area contributed by atoms with Crippen LogP contribution in [0.2, 0.25) is 0 Å². The average molecular weight is 281 g/mol. The summed E-state index contributed by atoms with van der Waals surface area (Å²) in [4.78, 5) is 23.1. The van der Waals surface area contributed by atoms with Crippen molar-refractivity contribution in [1.29, 1.82) is 0 Å². The van der Waals surface area contributed by atoms with Gasteiger partial charge in [-0.15, -0.1) is 0 Å². The van der Waals surface area contributed by atoms with Gasteiger partial charge in [0.05, 0.1) is 10.9 Å². The highest BCUT2D eigenvalue weighted by molar-refractivity contribution is 5.93. The van der Waals surface area contributed by atoms with E-state index in [2.05, 4.69) is 0 Å². The van der Waals surface area contributed by atoms with Gasteiger partial charge in [0.1, 0.15) is 11.3 Å². The van der Waals surface area contributed by atoms with Crippen LogP contribution in [0.15, 0.2) is 57.7 Å². The van der Waals surface area contributed by atoms with Crippen molar-refractivity contribution in [1.82, 2.24) is 0 Å². The van der Waals surface area contributed by atoms with Gasteiger partial charge in [-0.25, -0.2) is 4.79 Å². The number of aromatic carboxylic acids is 1. The number of anilines is 1. The van der Waals surface area contributed by atoms with E-state index >= 15 is 0 Å². The molecule has 0 saturated heterocycles. The maximum Gasteiger partial charge on any atom is 0.335 e. The molecule has 0 aliphatic heterocycles. The first-order valence-corrected chi connectivity index (χ1v) is 6.22. The van der Waals surface area contributed by atoms with Crippen LogP contribution in [0.4, 0.5) is 5.69 Å². The van der Waals surface area contributed by atoms with Crippen molar-refractivity contribution in [3.05, 3.63) is 64.3 Å². The predicted octanol–water partition coefficient (Wildman–Crippen LogP) is 2.74. The molecule has 5 nitrogen and oxygen atoms in total. The van der Waals surface area contributed by atoms with Gasteiger partial charge in [-0.05, 0) is 42.5 Å². The van der Waals surface area contributed by atoms with Crippen LogP contribution < -0.4 is 11.2 Å². The lowest BCUT2D eigenvalue weighted by Gasteiger charge is -2.04. The van der Waals surface area contributed by atoms with E-state index < -0.39 is 5.97 Å². The molecule has 0 radical (unpaired) electrons. The molecule has 0 unspecified atom stereocenters. The van der Waals surface area contributed by atoms with Crippen molar-refractivity contribution in [3.63, 3.8) is 0 Å². The zero-order valence-corrected chi connectivity index (χ0v) is 10.9. The third kappa shape index (κ3) is 2.36. The number of carboxylic acids is 1. The number of benzene rings is 2. The second-order valence-corrected chi connectivity index (χ2v) is 4.61. The number of carbonyl (C=O) groups is 1. The summed E-state index contributed by atoms with van der Waals surface area (Å²) in [5.74, 6) is -0.672. The zero-order valence-electron chi connectivity index (χ0n) is 10.9. The number of rotatable bonds is 2. The van der Waals surface area contributed by atoms with Crippen molar-refractivity contribution < 1.29 is 14.3 Å². The molecule has 0 saturated carbocycles. The van der Waals surface area contributed by atoms with E-state index in [4.69, 9.17) is 15.3 Å². The largest absolute Gasteiger partial charge is 0.478 e. The minimum absolute atomic E-state index is 0.0510. The summed E-state index contributed by atoms with van der Waals surface area (Å²) >= 11 is 0. The predicted molar refractivity (Wildman–Crippen MR) is 79.3 cm³/mol. The maximum atomic E-state index is 12.1. The van der Waals surface area contributed by atoms with Crippen molar-refractivity contribution in [3.8, 4) is 11.3 Å². The molecule has 0 aliphatic carbocycles. The molecule has 0 spiro atoms. The summed E-state index contributed by atoms with van der Waals surface area (Å²) in [7, 11) is 0. The highest BCUT2D eigenvalue weighted by atomic mass is 16.4. The van der Waals surface area contributed by atoms with E-state index in [9.17, 15) is 9.59 Å². The molecule has 0 bridgehead atoms. The third-order valence-electron chi connectivity index (χ3n) is 3.17. The Morgan fingerprint density at radius 3 is 2.43 bits per heavy atom. The van der Waals surface area contributed by atoms with Gasteiger partial charge in [-0.1, -0.05) is 0 Å². The molecule has 3 N–H and O–H groups in total. The van der Waals surface area contributed by atoms with Gasteiger partial charge in [0.25, 0.3) is 0 Å². The first kappa shape index (κ1) is 12.9. The molecule has 104 valence electrons. The summed E-state index contributed by atoms with van der Waals surface area (Å²) in [6, 6.07) is 12.5. The first-order valence-electron chi connectivity index (χ1n) is 6.22. The topological polar surface area (TPSA) is 93.5 Å². The SMILES string of the molecule is Nc1ccc(-c2cc(=O)c3cc(C(=O)O)ccc3o2)cc1. The lowest BCUT2D eigenvalue weighted by molar-refractivity contribution is 0.0697. The van der Waals surface area contributed by atoms with E-state index in [-0.39, 0.29) is 16.4 Å². The molecule has 0 atom stereocenters. The summed E-state index contributed by atoms with van der Waals surface area (Å²) in [6.45, 7) is 0. The van der Waals surface area contributed by atoms with Crippen LogP contribution in [0.5, 0.6) is 0 Å². The second-order valence-electron chi connectivity index (χ2n) is 4.61. The monoisotopic (exact) mass is 281 g/mol. The Morgan fingerprint density at radius 1 is 1.05 bits per heavy atom. The highest BCUT2D eigenvalue weighted by Gasteiger charge is 2.10. The minimum atomic E-state index is -1.08. The van der Waals surface area contributed by atoms with Crippen LogP contribution in [-0.4, -0.2) is 11.1 Å². The van der Waals surface area contributed by atoms with Gasteiger partial charge in [-0.2, -0.15) is 0 Å². The summed E-state index contributed by atoms with van der Waals surface area (Å²) < 4.78 is 5.67. The van der Waals surface area contributed by atoms with E-state index in [1.165, 1.54) is 24.3 Å². The molecule has 1 heterocycles. The molecule has 2 aromatic carbocycles. The Bertz CT molecular complexity index is 894. The van der Waals surface area contributed by atoms with E-state index in [1.54, 1.807) is 24.3 Å². The quantitative estimate of drug-likeness (QED) is 0.704. The Kier molecular flexibility index (Phi) is 2.95. The number of nitrogens with two attached hydrogens (primary N) is 1. The Hall–Kier alpha value is -3.08. The molecule has 5 heteroatoms. The fraction of sp³-hybridized carbons (Fsp3) is 0. The summed E-state index contributed by atoms with van der Waals surface area (Å²) in [6.07, 6.45) is 0. The highest BCUT2D eigenvalue weighted by Crippen LogP contribution is 2.23. The van der Waals surface area contributed by atoms with Gasteiger partial charge >= 0.3 is 5.97 Å². The maximum absolute atomic E-state index is 12.1. The molecule has 3 rings (SSSR count). The van der Waals surface area contributed by atoms with Crippen molar-refractivity contribution in [2.24, 2.45) is 0 Å². The van der Waals surface area contributed by atoms with Crippen LogP contribution in [0.25, 0.3) is 22.3 Å². The second kappa shape index (κ2) is 4.79. The number of nitrogen functional groups attached to an aromatic ring is 1. The van der Waals surface area contributed by atoms with E-state index in [0.717, 1.165) is 5.56 Å². The van der Waals surface area contributed by atoms with Crippen molar-refractivity contribution in [2.45, 2.75) is 0 Å². The van der Waals surface area contributed by atoms with Gasteiger partial charge in [0.15, 0.2) is 5.43 Å². The van der Waals surface area contributed by atoms with Crippen LogP contribution in [0, 0.1) is 0 Å². The zero-order chi connectivity index (χ0) is 15.0. The van der Waals surface area contributed by atoms with Gasteiger partial charge in [0.2, 0.25) is 0 Å². The Morgan fingerprint density at radius 2 is 1.76 bits per heavy atom. The van der Waals surface area contributed by atoms with Gasteiger partial charge in [0, 0.05) is 17.3 Å². The van der Waals surface area contributed by atoms with E-state index in [1.807, 2.05) is 0 Å². The average Bonchev–Trinajstić information content (AvgIpc) is 2.47. The Labute approximate surface area is 119 Å². The molecule has 1 aromatic heterocycles. The first-order chi connectivity index (χ1) is 10.0. The number of fused-ring (bicyclic) bond motifs is 1. The molecule has 0 fully saturated rings. The van der Waals surface area contributed by atoms with Crippen LogP contribution in [0.3, 0.4) is 0 Å². The number of hydrogen-bond acceptors (Lipinski definition) is 4. The van der Waals surface area contributed by atoms with Crippen LogP contribution >= 0.6 is 0 Å². The van der Waals surface area contributed by atoms with Crippen molar-refractivity contribution >= 4 is 22.6 Å². The van der Waals surface area contributed by atoms with E-state index in [0.29, 0.717) is 17.0 Å². The smallest absolute Gasteiger partial charge is 0.335 e. The van der Waals surface area contributed by atoms with Crippen molar-refractivity contribution in [2.75, 3.05) is 5.73 Å². The molecular formula is C16H11NO4. The Balaban J connectivity index is 2.20. The normalized spacial score (nSPS) is 10.7. The number of carboxylic acid groups (broad SMARTS) is 1. The fourth-order valence-corrected chi connectivity index (χ4v) is 2.08. The molecule has 0 aliphatic rings. The third-order valence-corrected chi connectivity index (χ3v) is 3.17. The van der Waals surface area contributed by atoms with Gasteiger partial charge in [-0.3, -0.25) is 4.79 Å². The van der Waals surface area contributed by atoms with Crippen LogP contribution in [-0.2, 0) is 0 Å². The molecule has 0 amide bonds. The lowest BCUT2D eigenvalue weighted by Crippen LogP contribution is -2.03. The van der Waals surface area contributed by atoms with Gasteiger partial charge < -0.3 is 15.3 Å².